The van der Waals surface area contributed by atoms with Crippen LogP contribution in [0.3, 0.4) is 0 Å². The normalized spacial score (nSPS) is 16.9. The van der Waals surface area contributed by atoms with Gasteiger partial charge in [0.1, 0.15) is 17.1 Å². The molecular formula is C18H19NO3. The monoisotopic (exact) mass is 297 g/mol. The number of carbonyl (C=O) groups excluding carboxylic acids is 1. The van der Waals surface area contributed by atoms with Gasteiger partial charge >= 0.3 is 0 Å². The maximum absolute atomic E-state index is 12.7. The van der Waals surface area contributed by atoms with Crippen molar-refractivity contribution >= 4 is 5.91 Å². The number of hydrogen-bond donors (Lipinski definition) is 2. The van der Waals surface area contributed by atoms with Gasteiger partial charge in [-0.05, 0) is 42.5 Å². The second kappa shape index (κ2) is 5.72. The van der Waals surface area contributed by atoms with Crippen LogP contribution in [0, 0.1) is 0 Å². The summed E-state index contributed by atoms with van der Waals surface area (Å²) in [7, 11) is 1.72. The number of aromatic hydroxyl groups is 2. The van der Waals surface area contributed by atoms with Gasteiger partial charge in [0.15, 0.2) is 0 Å². The van der Waals surface area contributed by atoms with Crippen molar-refractivity contribution in [3.05, 3.63) is 59.2 Å². The van der Waals surface area contributed by atoms with E-state index in [4.69, 9.17) is 0 Å². The molecule has 4 heteroatoms. The Morgan fingerprint density at radius 1 is 1.09 bits per heavy atom. The number of fused-ring (bicyclic) bond motifs is 1. The molecule has 1 aliphatic carbocycles. The fraction of sp³-hybridized carbons (Fsp3) is 0.278. The van der Waals surface area contributed by atoms with Crippen LogP contribution in [0.1, 0.15) is 40.4 Å². The van der Waals surface area contributed by atoms with Gasteiger partial charge in [-0.15, -0.1) is 0 Å². The molecule has 0 saturated carbocycles. The lowest BCUT2D eigenvalue weighted by Crippen LogP contribution is -2.33. The molecule has 0 aliphatic heterocycles. The first kappa shape index (κ1) is 14.4. The predicted molar refractivity (Wildman–Crippen MR) is 84.0 cm³/mol. The molecule has 0 radical (unpaired) electrons. The summed E-state index contributed by atoms with van der Waals surface area (Å²) in [6.45, 7) is 0. The van der Waals surface area contributed by atoms with E-state index in [0.717, 1.165) is 24.8 Å². The topological polar surface area (TPSA) is 60.8 Å². The number of benzene rings is 2. The zero-order valence-corrected chi connectivity index (χ0v) is 12.5. The van der Waals surface area contributed by atoms with E-state index in [-0.39, 0.29) is 29.0 Å². The lowest BCUT2D eigenvalue weighted by atomic mass is 9.87. The standard InChI is InChI=1S/C18H19NO3/c1-19(18(22)17-15(20)10-5-11-16(17)21)14-9-4-7-12-6-2-3-8-13(12)14/h2-3,5-6,8,10-11,14,20-21H,4,7,9H2,1H3. The van der Waals surface area contributed by atoms with Crippen LogP contribution in [-0.4, -0.2) is 28.1 Å². The summed E-state index contributed by atoms with van der Waals surface area (Å²) >= 11 is 0. The van der Waals surface area contributed by atoms with E-state index in [1.165, 1.54) is 23.8 Å². The van der Waals surface area contributed by atoms with E-state index in [1.807, 2.05) is 18.2 Å². The molecule has 22 heavy (non-hydrogen) atoms. The number of hydrogen-bond acceptors (Lipinski definition) is 3. The van der Waals surface area contributed by atoms with Gasteiger partial charge in [-0.3, -0.25) is 4.79 Å². The molecule has 2 aromatic carbocycles. The van der Waals surface area contributed by atoms with Crippen molar-refractivity contribution in [1.29, 1.82) is 0 Å². The van der Waals surface area contributed by atoms with Gasteiger partial charge in [0.2, 0.25) is 0 Å². The van der Waals surface area contributed by atoms with E-state index in [2.05, 4.69) is 6.07 Å². The molecule has 0 aromatic heterocycles. The SMILES string of the molecule is CN(C(=O)c1c(O)cccc1O)C1CCCc2ccccc21. The molecule has 0 heterocycles. The predicted octanol–water partition coefficient (Wildman–Crippen LogP) is 3.25. The van der Waals surface area contributed by atoms with Gasteiger partial charge in [0, 0.05) is 7.05 Å². The molecule has 0 bridgehead atoms. The summed E-state index contributed by atoms with van der Waals surface area (Å²) in [5, 5.41) is 19.8. The first-order valence-electron chi connectivity index (χ1n) is 7.45. The van der Waals surface area contributed by atoms with Gasteiger partial charge in [0.05, 0.1) is 6.04 Å². The zero-order valence-electron chi connectivity index (χ0n) is 12.5. The Labute approximate surface area is 129 Å². The number of carbonyl (C=O) groups is 1. The summed E-state index contributed by atoms with van der Waals surface area (Å²) in [5.74, 6) is -0.751. The molecule has 2 aromatic rings. The van der Waals surface area contributed by atoms with Crippen molar-refractivity contribution in [2.75, 3.05) is 7.05 Å². The lowest BCUT2D eigenvalue weighted by molar-refractivity contribution is 0.0709. The summed E-state index contributed by atoms with van der Waals surface area (Å²) in [4.78, 5) is 14.3. The molecule has 4 nitrogen and oxygen atoms in total. The quantitative estimate of drug-likeness (QED) is 0.894. The average molecular weight is 297 g/mol. The lowest BCUT2D eigenvalue weighted by Gasteiger charge is -2.33. The second-order valence-corrected chi connectivity index (χ2v) is 5.69. The molecule has 1 atom stereocenters. The number of phenolic OH excluding ortho intramolecular Hbond substituents is 2. The molecule has 114 valence electrons. The number of phenols is 2. The Kier molecular flexibility index (Phi) is 3.75. The van der Waals surface area contributed by atoms with Crippen LogP contribution in [0.25, 0.3) is 0 Å². The van der Waals surface area contributed by atoms with Crippen LogP contribution in [0.15, 0.2) is 42.5 Å². The van der Waals surface area contributed by atoms with Crippen molar-refractivity contribution in [1.82, 2.24) is 4.90 Å². The molecule has 3 rings (SSSR count). The molecule has 2 N–H and O–H groups in total. The van der Waals surface area contributed by atoms with Crippen LogP contribution >= 0.6 is 0 Å². The van der Waals surface area contributed by atoms with Crippen LogP contribution in [-0.2, 0) is 6.42 Å². The van der Waals surface area contributed by atoms with E-state index in [0.29, 0.717) is 0 Å². The van der Waals surface area contributed by atoms with Gasteiger partial charge in [-0.2, -0.15) is 0 Å². The van der Waals surface area contributed by atoms with Crippen molar-refractivity contribution in [2.45, 2.75) is 25.3 Å². The number of amides is 1. The van der Waals surface area contributed by atoms with Crippen LogP contribution in [0.2, 0.25) is 0 Å². The number of aryl methyl sites for hydroxylation is 1. The highest BCUT2D eigenvalue weighted by atomic mass is 16.3. The van der Waals surface area contributed by atoms with E-state index in [1.54, 1.807) is 11.9 Å². The fourth-order valence-corrected chi connectivity index (χ4v) is 3.20. The Bertz CT molecular complexity index is 691. The number of nitrogens with zero attached hydrogens (tertiary/aromatic N) is 1. The van der Waals surface area contributed by atoms with Gasteiger partial charge < -0.3 is 15.1 Å². The Morgan fingerprint density at radius 2 is 1.77 bits per heavy atom. The van der Waals surface area contributed by atoms with E-state index >= 15 is 0 Å². The third kappa shape index (κ3) is 2.41. The van der Waals surface area contributed by atoms with Crippen LogP contribution < -0.4 is 0 Å². The maximum atomic E-state index is 12.7. The molecule has 0 saturated heterocycles. The largest absolute Gasteiger partial charge is 0.507 e. The minimum absolute atomic E-state index is 0.0311. The second-order valence-electron chi connectivity index (χ2n) is 5.69. The summed E-state index contributed by atoms with van der Waals surface area (Å²) < 4.78 is 0. The smallest absolute Gasteiger partial charge is 0.261 e. The van der Waals surface area contributed by atoms with Crippen molar-refractivity contribution in [3.63, 3.8) is 0 Å². The average Bonchev–Trinajstić information content (AvgIpc) is 2.53. The van der Waals surface area contributed by atoms with Crippen LogP contribution in [0.5, 0.6) is 11.5 Å². The third-order valence-electron chi connectivity index (χ3n) is 4.36. The van der Waals surface area contributed by atoms with Gasteiger partial charge in [0.25, 0.3) is 5.91 Å². The Balaban J connectivity index is 1.95. The third-order valence-corrected chi connectivity index (χ3v) is 4.36. The zero-order chi connectivity index (χ0) is 15.7. The minimum atomic E-state index is -0.364. The molecular weight excluding hydrogens is 278 g/mol. The first-order valence-corrected chi connectivity index (χ1v) is 7.45. The maximum Gasteiger partial charge on any atom is 0.261 e. The summed E-state index contributed by atoms with van der Waals surface area (Å²) in [6.07, 6.45) is 2.93. The van der Waals surface area contributed by atoms with Gasteiger partial charge in [-0.25, -0.2) is 0 Å². The summed E-state index contributed by atoms with van der Waals surface area (Å²) in [5.41, 5.74) is 2.38. The van der Waals surface area contributed by atoms with Crippen molar-refractivity contribution in [3.8, 4) is 11.5 Å². The van der Waals surface area contributed by atoms with Gasteiger partial charge in [-0.1, -0.05) is 30.3 Å². The Morgan fingerprint density at radius 3 is 2.50 bits per heavy atom. The van der Waals surface area contributed by atoms with E-state index < -0.39 is 0 Å². The number of rotatable bonds is 2. The summed E-state index contributed by atoms with van der Waals surface area (Å²) in [6, 6.07) is 12.4. The molecule has 0 spiro atoms. The first-order chi connectivity index (χ1) is 10.6. The molecule has 1 aliphatic rings. The van der Waals surface area contributed by atoms with Crippen LogP contribution in [0.4, 0.5) is 0 Å². The molecule has 1 amide bonds. The highest BCUT2D eigenvalue weighted by Gasteiger charge is 2.29. The molecule has 1 unspecified atom stereocenters. The highest BCUT2D eigenvalue weighted by Crippen LogP contribution is 2.36. The van der Waals surface area contributed by atoms with Crippen molar-refractivity contribution < 1.29 is 15.0 Å². The minimum Gasteiger partial charge on any atom is -0.507 e. The van der Waals surface area contributed by atoms with E-state index in [9.17, 15) is 15.0 Å². The Hall–Kier alpha value is -2.49. The fourth-order valence-electron chi connectivity index (χ4n) is 3.20. The van der Waals surface area contributed by atoms with Crippen molar-refractivity contribution in [2.24, 2.45) is 0 Å². The highest BCUT2D eigenvalue weighted by molar-refractivity contribution is 5.99. The molecule has 0 fully saturated rings.